The van der Waals surface area contributed by atoms with Gasteiger partial charge < -0.3 is 10.6 Å². The molecule has 5 heteroatoms. The van der Waals surface area contributed by atoms with Gasteiger partial charge in [0.05, 0.1) is 6.04 Å². The van der Waals surface area contributed by atoms with Crippen molar-refractivity contribution in [1.82, 2.24) is 9.97 Å². The van der Waals surface area contributed by atoms with Gasteiger partial charge in [-0.25, -0.2) is 9.97 Å². The SMILES string of the molecule is CCCc1c(N)ncnc1N(C)C(C)c1cccs1. The molecule has 2 aromatic rings. The summed E-state index contributed by atoms with van der Waals surface area (Å²) in [5.41, 5.74) is 7.04. The maximum absolute atomic E-state index is 5.99. The first-order valence-electron chi connectivity index (χ1n) is 6.50. The molecule has 0 saturated heterocycles. The molecule has 0 aliphatic carbocycles. The Morgan fingerprint density at radius 2 is 2.21 bits per heavy atom. The molecule has 102 valence electrons. The van der Waals surface area contributed by atoms with E-state index < -0.39 is 0 Å². The summed E-state index contributed by atoms with van der Waals surface area (Å²) in [5, 5.41) is 2.10. The molecule has 0 spiro atoms. The van der Waals surface area contributed by atoms with E-state index in [-0.39, 0.29) is 6.04 Å². The molecular formula is C14H20N4S. The van der Waals surface area contributed by atoms with Crippen LogP contribution < -0.4 is 10.6 Å². The summed E-state index contributed by atoms with van der Waals surface area (Å²) >= 11 is 1.76. The lowest BCUT2D eigenvalue weighted by Gasteiger charge is -2.27. The van der Waals surface area contributed by atoms with Crippen LogP contribution in [0.25, 0.3) is 0 Å². The monoisotopic (exact) mass is 276 g/mol. The summed E-state index contributed by atoms with van der Waals surface area (Å²) in [6.07, 6.45) is 3.48. The van der Waals surface area contributed by atoms with Gasteiger partial charge >= 0.3 is 0 Å². The largest absolute Gasteiger partial charge is 0.383 e. The van der Waals surface area contributed by atoms with Crippen LogP contribution in [0, 0.1) is 0 Å². The normalized spacial score (nSPS) is 12.4. The van der Waals surface area contributed by atoms with E-state index in [4.69, 9.17) is 5.73 Å². The smallest absolute Gasteiger partial charge is 0.137 e. The Kier molecular flexibility index (Phi) is 4.37. The first-order valence-corrected chi connectivity index (χ1v) is 7.38. The van der Waals surface area contributed by atoms with E-state index in [1.807, 2.05) is 0 Å². The predicted molar refractivity (Wildman–Crippen MR) is 81.6 cm³/mol. The van der Waals surface area contributed by atoms with E-state index in [0.29, 0.717) is 5.82 Å². The van der Waals surface area contributed by atoms with Gasteiger partial charge in [-0.2, -0.15) is 0 Å². The summed E-state index contributed by atoms with van der Waals surface area (Å²) in [4.78, 5) is 12.0. The molecule has 0 saturated carbocycles. The molecule has 2 rings (SSSR count). The van der Waals surface area contributed by atoms with Crippen molar-refractivity contribution in [3.8, 4) is 0 Å². The summed E-state index contributed by atoms with van der Waals surface area (Å²) in [6, 6.07) is 4.51. The summed E-state index contributed by atoms with van der Waals surface area (Å²) in [6.45, 7) is 4.32. The van der Waals surface area contributed by atoms with Gasteiger partial charge in [0.15, 0.2) is 0 Å². The van der Waals surface area contributed by atoms with Crippen molar-refractivity contribution in [1.29, 1.82) is 0 Å². The van der Waals surface area contributed by atoms with Gasteiger partial charge in [-0.1, -0.05) is 19.4 Å². The van der Waals surface area contributed by atoms with E-state index in [2.05, 4.69) is 53.3 Å². The van der Waals surface area contributed by atoms with E-state index in [9.17, 15) is 0 Å². The first kappa shape index (κ1) is 13.8. The Hall–Kier alpha value is -1.62. The van der Waals surface area contributed by atoms with Gasteiger partial charge in [0.25, 0.3) is 0 Å². The Bertz CT molecular complexity index is 524. The molecule has 1 atom stereocenters. The van der Waals surface area contributed by atoms with Gasteiger partial charge in [-0.3, -0.25) is 0 Å². The second-order valence-electron chi connectivity index (χ2n) is 4.61. The molecule has 1 unspecified atom stereocenters. The van der Waals surface area contributed by atoms with Crippen LogP contribution in [0.5, 0.6) is 0 Å². The van der Waals surface area contributed by atoms with E-state index in [1.54, 1.807) is 17.7 Å². The summed E-state index contributed by atoms with van der Waals surface area (Å²) < 4.78 is 0. The molecule has 4 nitrogen and oxygen atoms in total. The van der Waals surface area contributed by atoms with E-state index in [1.165, 1.54) is 4.88 Å². The number of nitrogens with zero attached hydrogens (tertiary/aromatic N) is 3. The van der Waals surface area contributed by atoms with Crippen molar-refractivity contribution in [2.75, 3.05) is 17.7 Å². The van der Waals surface area contributed by atoms with Crippen LogP contribution in [0.4, 0.5) is 11.6 Å². The molecule has 0 aromatic carbocycles. The standard InChI is InChI=1S/C14H20N4S/c1-4-6-11-13(15)16-9-17-14(11)18(3)10(2)12-7-5-8-19-12/h5,7-10H,4,6H2,1-3H3,(H2,15,16,17). The third-order valence-electron chi connectivity index (χ3n) is 3.33. The highest BCUT2D eigenvalue weighted by Gasteiger charge is 2.18. The summed E-state index contributed by atoms with van der Waals surface area (Å²) in [7, 11) is 2.06. The quantitative estimate of drug-likeness (QED) is 0.910. The number of hydrogen-bond donors (Lipinski definition) is 1. The summed E-state index contributed by atoms with van der Waals surface area (Å²) in [5.74, 6) is 1.53. The van der Waals surface area contributed by atoms with Crippen molar-refractivity contribution in [3.05, 3.63) is 34.3 Å². The average molecular weight is 276 g/mol. The number of nitrogens with two attached hydrogens (primary N) is 1. The van der Waals surface area contributed by atoms with Crippen LogP contribution in [0.15, 0.2) is 23.8 Å². The molecule has 19 heavy (non-hydrogen) atoms. The van der Waals surface area contributed by atoms with Gasteiger partial charge in [0.1, 0.15) is 18.0 Å². The number of thiophene rings is 1. The number of nitrogen functional groups attached to an aromatic ring is 1. The molecule has 0 aliphatic rings. The van der Waals surface area contributed by atoms with Crippen molar-refractivity contribution >= 4 is 23.0 Å². The Morgan fingerprint density at radius 3 is 2.84 bits per heavy atom. The Balaban J connectivity index is 2.33. The molecule has 2 aromatic heterocycles. The van der Waals surface area contributed by atoms with Gasteiger partial charge in [-0.05, 0) is 24.8 Å². The first-order chi connectivity index (χ1) is 9.15. The van der Waals surface area contributed by atoms with Crippen LogP contribution >= 0.6 is 11.3 Å². The third kappa shape index (κ3) is 2.87. The topological polar surface area (TPSA) is 55.0 Å². The van der Waals surface area contributed by atoms with Gasteiger partial charge in [0.2, 0.25) is 0 Å². The minimum Gasteiger partial charge on any atom is -0.383 e. The fourth-order valence-corrected chi connectivity index (χ4v) is 2.94. The van der Waals surface area contributed by atoms with Crippen LogP contribution in [0.1, 0.15) is 36.8 Å². The van der Waals surface area contributed by atoms with Crippen molar-refractivity contribution < 1.29 is 0 Å². The van der Waals surface area contributed by atoms with Gasteiger partial charge in [0, 0.05) is 17.5 Å². The number of anilines is 2. The zero-order valence-electron chi connectivity index (χ0n) is 11.6. The minimum absolute atomic E-state index is 0.282. The molecule has 0 fully saturated rings. The second kappa shape index (κ2) is 6.02. The van der Waals surface area contributed by atoms with Crippen molar-refractivity contribution in [2.45, 2.75) is 32.7 Å². The molecule has 0 radical (unpaired) electrons. The minimum atomic E-state index is 0.282. The van der Waals surface area contributed by atoms with E-state index >= 15 is 0 Å². The average Bonchev–Trinajstić information content (AvgIpc) is 2.93. The fourth-order valence-electron chi connectivity index (χ4n) is 2.11. The second-order valence-corrected chi connectivity index (χ2v) is 5.59. The highest BCUT2D eigenvalue weighted by Crippen LogP contribution is 2.30. The molecule has 2 N–H and O–H groups in total. The Morgan fingerprint density at radius 1 is 1.42 bits per heavy atom. The lowest BCUT2D eigenvalue weighted by Crippen LogP contribution is -2.24. The third-order valence-corrected chi connectivity index (χ3v) is 4.37. The predicted octanol–water partition coefficient (Wildman–Crippen LogP) is 3.27. The zero-order valence-corrected chi connectivity index (χ0v) is 12.4. The molecule has 0 bridgehead atoms. The maximum atomic E-state index is 5.99. The van der Waals surface area contributed by atoms with Crippen molar-refractivity contribution in [2.24, 2.45) is 0 Å². The van der Waals surface area contributed by atoms with Crippen LogP contribution in [-0.4, -0.2) is 17.0 Å². The lowest BCUT2D eigenvalue weighted by atomic mass is 10.1. The molecule has 0 amide bonds. The van der Waals surface area contributed by atoms with Crippen LogP contribution in [0.3, 0.4) is 0 Å². The van der Waals surface area contributed by atoms with Crippen molar-refractivity contribution in [3.63, 3.8) is 0 Å². The van der Waals surface area contributed by atoms with E-state index in [0.717, 1.165) is 24.2 Å². The molecule has 0 aliphatic heterocycles. The number of hydrogen-bond acceptors (Lipinski definition) is 5. The lowest BCUT2D eigenvalue weighted by molar-refractivity contribution is 0.730. The molecule has 2 heterocycles. The number of rotatable bonds is 5. The highest BCUT2D eigenvalue weighted by molar-refractivity contribution is 7.10. The zero-order chi connectivity index (χ0) is 13.8. The molecular weight excluding hydrogens is 256 g/mol. The highest BCUT2D eigenvalue weighted by atomic mass is 32.1. The van der Waals surface area contributed by atoms with Gasteiger partial charge in [-0.15, -0.1) is 11.3 Å². The van der Waals surface area contributed by atoms with Crippen LogP contribution in [0.2, 0.25) is 0 Å². The fraction of sp³-hybridized carbons (Fsp3) is 0.429. The van der Waals surface area contributed by atoms with Crippen LogP contribution in [-0.2, 0) is 6.42 Å². The maximum Gasteiger partial charge on any atom is 0.137 e. The number of aromatic nitrogens is 2. The Labute approximate surface area is 118 Å².